The van der Waals surface area contributed by atoms with Gasteiger partial charge in [0.1, 0.15) is 5.82 Å². The first-order chi connectivity index (χ1) is 12.5. The fourth-order valence-corrected chi connectivity index (χ4v) is 3.21. The van der Waals surface area contributed by atoms with Crippen molar-refractivity contribution in [2.75, 3.05) is 26.2 Å². The zero-order chi connectivity index (χ0) is 18.7. The van der Waals surface area contributed by atoms with E-state index in [1.807, 2.05) is 42.3 Å². The zero-order valence-electron chi connectivity index (χ0n) is 15.5. The molecule has 0 saturated carbocycles. The van der Waals surface area contributed by atoms with Crippen molar-refractivity contribution >= 4 is 11.8 Å². The first-order valence-electron chi connectivity index (χ1n) is 8.97. The molecule has 2 aromatic rings. The predicted octanol–water partition coefficient (Wildman–Crippen LogP) is 2.32. The van der Waals surface area contributed by atoms with Crippen molar-refractivity contribution in [3.05, 3.63) is 47.4 Å². The van der Waals surface area contributed by atoms with E-state index in [9.17, 15) is 9.59 Å². The highest BCUT2D eigenvalue weighted by atomic mass is 16.2. The Morgan fingerprint density at radius 2 is 1.81 bits per heavy atom. The number of carbonyl (C=O) groups is 2. The largest absolute Gasteiger partial charge is 0.339 e. The minimum absolute atomic E-state index is 0.00104. The van der Waals surface area contributed by atoms with Crippen LogP contribution in [0.5, 0.6) is 0 Å². The van der Waals surface area contributed by atoms with Crippen LogP contribution in [0.15, 0.2) is 30.5 Å². The average molecular weight is 352 g/mol. The molecule has 136 valence electrons. The van der Waals surface area contributed by atoms with E-state index in [2.05, 4.69) is 16.9 Å². The number of nitrogens with zero attached hydrogens (tertiary/aromatic N) is 4. The number of rotatable bonds is 3. The smallest absolute Gasteiger partial charge is 0.253 e. The molecule has 2 amide bonds. The van der Waals surface area contributed by atoms with Crippen molar-refractivity contribution in [1.29, 1.82) is 0 Å². The van der Waals surface area contributed by atoms with Crippen LogP contribution >= 0.6 is 0 Å². The van der Waals surface area contributed by atoms with E-state index >= 15 is 0 Å². The van der Waals surface area contributed by atoms with E-state index < -0.39 is 0 Å². The highest BCUT2D eigenvalue weighted by molar-refractivity contribution is 5.95. The van der Waals surface area contributed by atoms with Crippen LogP contribution in [0.4, 0.5) is 0 Å². The summed E-state index contributed by atoms with van der Waals surface area (Å²) in [6.45, 7) is 7.81. The quantitative estimate of drug-likeness (QED) is 0.850. The van der Waals surface area contributed by atoms with Crippen molar-refractivity contribution in [2.24, 2.45) is 0 Å². The summed E-state index contributed by atoms with van der Waals surface area (Å²) >= 11 is 0. The molecule has 0 spiro atoms. The first-order valence-corrected chi connectivity index (χ1v) is 8.97. The van der Waals surface area contributed by atoms with E-state index in [0.717, 1.165) is 23.2 Å². The van der Waals surface area contributed by atoms with Crippen molar-refractivity contribution in [2.45, 2.75) is 27.2 Å². The van der Waals surface area contributed by atoms with Gasteiger partial charge in [-0.15, -0.1) is 0 Å². The van der Waals surface area contributed by atoms with Gasteiger partial charge in [0.05, 0.1) is 5.69 Å². The van der Waals surface area contributed by atoms with Gasteiger partial charge >= 0.3 is 0 Å². The number of aromatic nitrogens is 2. The summed E-state index contributed by atoms with van der Waals surface area (Å²) in [5.74, 6) is 0.776. The average Bonchev–Trinajstić information content (AvgIpc) is 2.67. The molecule has 1 fully saturated rings. The molecule has 0 bridgehead atoms. The van der Waals surface area contributed by atoms with Gasteiger partial charge in [0.15, 0.2) is 0 Å². The van der Waals surface area contributed by atoms with Crippen molar-refractivity contribution < 1.29 is 9.59 Å². The van der Waals surface area contributed by atoms with Gasteiger partial charge in [-0.1, -0.05) is 19.1 Å². The molecule has 0 N–H and O–H groups in total. The fraction of sp³-hybridized carbons (Fsp3) is 0.400. The van der Waals surface area contributed by atoms with E-state index in [1.165, 1.54) is 0 Å². The third kappa shape index (κ3) is 3.74. The number of aryl methyl sites for hydroxylation is 2. The summed E-state index contributed by atoms with van der Waals surface area (Å²) < 4.78 is 0. The number of amides is 2. The molecule has 0 aliphatic carbocycles. The van der Waals surface area contributed by atoms with Crippen LogP contribution in [-0.4, -0.2) is 57.8 Å². The molecule has 6 heteroatoms. The Labute approximate surface area is 153 Å². The molecule has 0 radical (unpaired) electrons. The van der Waals surface area contributed by atoms with E-state index in [1.54, 1.807) is 11.8 Å². The van der Waals surface area contributed by atoms with Crippen LogP contribution in [0.2, 0.25) is 0 Å². The summed E-state index contributed by atoms with van der Waals surface area (Å²) in [5.41, 5.74) is 3.53. The standard InChI is InChI=1S/C20H24N4O2/c1-4-16-13-21-14(2)22-19(16)17-6-5-7-18(12-17)20(26)24-10-8-23(9-11-24)15(3)25/h5-7,12-13H,4,8-11H2,1-3H3. The molecule has 1 aromatic carbocycles. The Morgan fingerprint density at radius 3 is 2.46 bits per heavy atom. The third-order valence-electron chi connectivity index (χ3n) is 4.76. The molecule has 2 heterocycles. The van der Waals surface area contributed by atoms with Gasteiger partial charge in [-0.3, -0.25) is 9.59 Å². The molecule has 1 aliphatic rings. The van der Waals surface area contributed by atoms with Gasteiger partial charge in [-0.2, -0.15) is 0 Å². The lowest BCUT2D eigenvalue weighted by molar-refractivity contribution is -0.130. The lowest BCUT2D eigenvalue weighted by Crippen LogP contribution is -2.50. The molecule has 3 rings (SSSR count). The van der Waals surface area contributed by atoms with Crippen molar-refractivity contribution in [3.8, 4) is 11.3 Å². The molecule has 26 heavy (non-hydrogen) atoms. The first kappa shape index (κ1) is 18.0. The van der Waals surface area contributed by atoms with E-state index in [4.69, 9.17) is 0 Å². The molecular weight excluding hydrogens is 328 g/mol. The molecule has 0 unspecified atom stereocenters. The molecular formula is C20H24N4O2. The van der Waals surface area contributed by atoms with Crippen LogP contribution in [0.1, 0.15) is 35.6 Å². The van der Waals surface area contributed by atoms with Crippen molar-refractivity contribution in [1.82, 2.24) is 19.8 Å². The molecule has 6 nitrogen and oxygen atoms in total. The van der Waals surface area contributed by atoms with Gasteiger partial charge in [-0.25, -0.2) is 9.97 Å². The Balaban J connectivity index is 1.83. The number of piperazine rings is 1. The predicted molar refractivity (Wildman–Crippen MR) is 99.7 cm³/mol. The van der Waals surface area contributed by atoms with Crippen molar-refractivity contribution in [3.63, 3.8) is 0 Å². The summed E-state index contributed by atoms with van der Waals surface area (Å²) in [6.07, 6.45) is 2.69. The van der Waals surface area contributed by atoms with Gasteiger partial charge in [0.2, 0.25) is 5.91 Å². The second kappa shape index (κ2) is 7.64. The van der Waals surface area contributed by atoms with Crippen LogP contribution in [-0.2, 0) is 11.2 Å². The maximum atomic E-state index is 12.9. The minimum atomic E-state index is -0.00104. The highest BCUT2D eigenvalue weighted by Gasteiger charge is 2.23. The second-order valence-electron chi connectivity index (χ2n) is 6.52. The third-order valence-corrected chi connectivity index (χ3v) is 4.76. The summed E-state index contributed by atoms with van der Waals surface area (Å²) in [4.78, 5) is 36.7. The van der Waals surface area contributed by atoms with Gasteiger partial charge in [0, 0.05) is 50.4 Å². The van der Waals surface area contributed by atoms with Gasteiger partial charge in [0.25, 0.3) is 5.91 Å². The van der Waals surface area contributed by atoms with E-state index in [-0.39, 0.29) is 11.8 Å². The SMILES string of the molecule is CCc1cnc(C)nc1-c1cccc(C(=O)N2CCN(C(C)=O)CC2)c1. The Hall–Kier alpha value is -2.76. The van der Waals surface area contributed by atoms with Gasteiger partial charge < -0.3 is 9.80 Å². The fourth-order valence-electron chi connectivity index (χ4n) is 3.21. The van der Waals surface area contributed by atoms with E-state index in [0.29, 0.717) is 37.6 Å². The minimum Gasteiger partial charge on any atom is -0.339 e. The normalized spacial score (nSPS) is 14.4. The lowest BCUT2D eigenvalue weighted by atomic mass is 10.0. The van der Waals surface area contributed by atoms with Crippen LogP contribution in [0, 0.1) is 6.92 Å². The topological polar surface area (TPSA) is 66.4 Å². The Kier molecular flexibility index (Phi) is 5.30. The molecule has 0 atom stereocenters. The number of hydrogen-bond acceptors (Lipinski definition) is 4. The second-order valence-corrected chi connectivity index (χ2v) is 6.52. The number of hydrogen-bond donors (Lipinski definition) is 0. The number of benzene rings is 1. The lowest BCUT2D eigenvalue weighted by Gasteiger charge is -2.34. The summed E-state index contributed by atoms with van der Waals surface area (Å²) in [7, 11) is 0. The zero-order valence-corrected chi connectivity index (χ0v) is 15.5. The summed E-state index contributed by atoms with van der Waals surface area (Å²) in [5, 5.41) is 0. The van der Waals surface area contributed by atoms with Crippen LogP contribution in [0.25, 0.3) is 11.3 Å². The monoisotopic (exact) mass is 352 g/mol. The Bertz CT molecular complexity index is 826. The van der Waals surface area contributed by atoms with Crippen LogP contribution < -0.4 is 0 Å². The highest BCUT2D eigenvalue weighted by Crippen LogP contribution is 2.23. The number of carbonyl (C=O) groups excluding carboxylic acids is 2. The maximum Gasteiger partial charge on any atom is 0.253 e. The molecule has 1 aliphatic heterocycles. The maximum absolute atomic E-state index is 12.9. The van der Waals surface area contributed by atoms with Crippen LogP contribution in [0.3, 0.4) is 0 Å². The van der Waals surface area contributed by atoms with Gasteiger partial charge in [-0.05, 0) is 31.0 Å². The Morgan fingerprint density at radius 1 is 1.12 bits per heavy atom. The summed E-state index contributed by atoms with van der Waals surface area (Å²) in [6, 6.07) is 7.61. The molecule has 1 saturated heterocycles. The molecule has 1 aromatic heterocycles.